The van der Waals surface area contributed by atoms with E-state index in [2.05, 4.69) is 0 Å². The van der Waals surface area contributed by atoms with Crippen LogP contribution < -0.4 is 11.0 Å². The van der Waals surface area contributed by atoms with Crippen molar-refractivity contribution in [2.24, 2.45) is 0 Å². The predicted octanol–water partition coefficient (Wildman–Crippen LogP) is 3.49. The standard InChI is InChI=1S/C19H12O2/c20-19-16-11-5-9-14-8-4-10-15(18(14)16)17(21-19)12-13-6-2-1-3-7-13/h1-12H. The summed E-state index contributed by atoms with van der Waals surface area (Å²) >= 11 is 0. The first-order chi connectivity index (χ1) is 10.3. The fraction of sp³-hybridized carbons (Fsp3) is 0. The van der Waals surface area contributed by atoms with Gasteiger partial charge in [0.25, 0.3) is 0 Å². The molecule has 0 aliphatic rings. The zero-order valence-corrected chi connectivity index (χ0v) is 11.2. The Morgan fingerprint density at radius 2 is 1.48 bits per heavy atom. The van der Waals surface area contributed by atoms with Crippen LogP contribution in [0.1, 0.15) is 5.56 Å². The molecule has 0 aliphatic carbocycles. The lowest BCUT2D eigenvalue weighted by atomic mass is 10.0. The minimum Gasteiger partial charge on any atom is -0.422 e. The molecule has 0 atom stereocenters. The molecule has 0 saturated carbocycles. The van der Waals surface area contributed by atoms with Crippen LogP contribution in [0.3, 0.4) is 0 Å². The zero-order valence-electron chi connectivity index (χ0n) is 11.2. The van der Waals surface area contributed by atoms with Crippen molar-refractivity contribution in [3.8, 4) is 0 Å². The van der Waals surface area contributed by atoms with Gasteiger partial charge in [0.1, 0.15) is 5.42 Å². The summed E-state index contributed by atoms with van der Waals surface area (Å²) in [5.74, 6) is 0. The van der Waals surface area contributed by atoms with Crippen molar-refractivity contribution in [1.29, 1.82) is 0 Å². The fourth-order valence-electron chi connectivity index (χ4n) is 2.73. The molecule has 0 saturated heterocycles. The molecule has 2 heteroatoms. The third-order valence-electron chi connectivity index (χ3n) is 3.69. The first-order valence-electron chi connectivity index (χ1n) is 6.84. The van der Waals surface area contributed by atoms with Crippen LogP contribution in [0.4, 0.5) is 0 Å². The largest absolute Gasteiger partial charge is 0.422 e. The third kappa shape index (κ3) is 1.93. The second kappa shape index (κ2) is 4.60. The van der Waals surface area contributed by atoms with Gasteiger partial charge in [-0.15, -0.1) is 0 Å². The Balaban J connectivity index is 2.19. The molecule has 0 amide bonds. The molecule has 2 nitrogen and oxygen atoms in total. The summed E-state index contributed by atoms with van der Waals surface area (Å²) in [4.78, 5) is 12.2. The van der Waals surface area contributed by atoms with Gasteiger partial charge in [0.2, 0.25) is 0 Å². The SMILES string of the molecule is O=c1oc(=Cc2ccccc2)c2cccc3cccc1c32. The second-order valence-corrected chi connectivity index (χ2v) is 5.02. The topological polar surface area (TPSA) is 30.2 Å². The molecule has 4 aromatic rings. The maximum Gasteiger partial charge on any atom is 0.344 e. The Kier molecular flexibility index (Phi) is 2.61. The summed E-state index contributed by atoms with van der Waals surface area (Å²) in [6, 6.07) is 21.6. The molecular formula is C19H12O2. The summed E-state index contributed by atoms with van der Waals surface area (Å²) in [7, 11) is 0. The van der Waals surface area contributed by atoms with Gasteiger partial charge in [-0.3, -0.25) is 0 Å². The maximum absolute atomic E-state index is 12.2. The monoisotopic (exact) mass is 272 g/mol. The summed E-state index contributed by atoms with van der Waals surface area (Å²) in [5, 5.41) is 3.62. The molecular weight excluding hydrogens is 260 g/mol. The van der Waals surface area contributed by atoms with E-state index in [0.717, 1.165) is 21.7 Å². The molecule has 0 spiro atoms. The summed E-state index contributed by atoms with van der Waals surface area (Å²) in [6.07, 6.45) is 1.91. The van der Waals surface area contributed by atoms with E-state index >= 15 is 0 Å². The molecule has 0 N–H and O–H groups in total. The summed E-state index contributed by atoms with van der Waals surface area (Å²) < 4.78 is 5.53. The number of hydrogen-bond acceptors (Lipinski definition) is 2. The average Bonchev–Trinajstić information content (AvgIpc) is 2.53. The number of rotatable bonds is 1. The van der Waals surface area contributed by atoms with Crippen LogP contribution in [0.25, 0.3) is 27.6 Å². The lowest BCUT2D eigenvalue weighted by Gasteiger charge is -2.04. The van der Waals surface area contributed by atoms with E-state index in [9.17, 15) is 4.79 Å². The first-order valence-corrected chi connectivity index (χ1v) is 6.84. The number of hydrogen-bond donors (Lipinski definition) is 0. The van der Waals surface area contributed by atoms with E-state index in [-0.39, 0.29) is 5.63 Å². The van der Waals surface area contributed by atoms with Crippen LogP contribution in [0.15, 0.2) is 75.9 Å². The highest BCUT2D eigenvalue weighted by Gasteiger charge is 2.08. The molecule has 0 radical (unpaired) electrons. The summed E-state index contributed by atoms with van der Waals surface area (Å²) in [5.41, 5.74) is 1.33. The average molecular weight is 272 g/mol. The van der Waals surface area contributed by atoms with Gasteiger partial charge in [-0.05, 0) is 23.1 Å². The smallest absolute Gasteiger partial charge is 0.344 e. The molecule has 4 rings (SSSR count). The van der Waals surface area contributed by atoms with Crippen molar-refractivity contribution < 1.29 is 4.42 Å². The molecule has 3 aromatic carbocycles. The van der Waals surface area contributed by atoms with Gasteiger partial charge in [-0.2, -0.15) is 0 Å². The fourth-order valence-corrected chi connectivity index (χ4v) is 2.73. The lowest BCUT2D eigenvalue weighted by Crippen LogP contribution is -2.13. The van der Waals surface area contributed by atoms with Crippen LogP contribution in [-0.2, 0) is 0 Å². The molecule has 0 fully saturated rings. The quantitative estimate of drug-likeness (QED) is 0.531. The van der Waals surface area contributed by atoms with Gasteiger partial charge >= 0.3 is 5.63 Å². The van der Waals surface area contributed by atoms with E-state index < -0.39 is 0 Å². The highest BCUT2D eigenvalue weighted by molar-refractivity contribution is 6.09. The molecule has 0 unspecified atom stereocenters. The van der Waals surface area contributed by atoms with E-state index in [1.54, 1.807) is 0 Å². The molecule has 1 heterocycles. The molecule has 1 aromatic heterocycles. The Morgan fingerprint density at radius 1 is 0.762 bits per heavy atom. The minimum absolute atomic E-state index is 0.290. The molecule has 100 valence electrons. The van der Waals surface area contributed by atoms with E-state index in [0.29, 0.717) is 10.8 Å². The van der Waals surface area contributed by atoms with Gasteiger partial charge in [-0.25, -0.2) is 4.79 Å². The Bertz CT molecular complexity index is 1040. The lowest BCUT2D eigenvalue weighted by molar-refractivity contribution is 0.493. The van der Waals surface area contributed by atoms with Crippen LogP contribution in [-0.4, -0.2) is 0 Å². The van der Waals surface area contributed by atoms with Gasteiger partial charge in [-0.1, -0.05) is 60.7 Å². The molecule has 0 bridgehead atoms. The minimum atomic E-state index is -0.290. The predicted molar refractivity (Wildman–Crippen MR) is 85.2 cm³/mol. The highest BCUT2D eigenvalue weighted by atomic mass is 16.4. The van der Waals surface area contributed by atoms with Gasteiger partial charge in [0.15, 0.2) is 0 Å². The van der Waals surface area contributed by atoms with Crippen molar-refractivity contribution >= 4 is 27.6 Å². The summed E-state index contributed by atoms with van der Waals surface area (Å²) in [6.45, 7) is 0. The Morgan fingerprint density at radius 3 is 2.24 bits per heavy atom. The first kappa shape index (κ1) is 11.9. The maximum atomic E-state index is 12.2. The van der Waals surface area contributed by atoms with Crippen LogP contribution in [0, 0.1) is 0 Å². The van der Waals surface area contributed by atoms with Gasteiger partial charge in [0, 0.05) is 10.8 Å². The van der Waals surface area contributed by atoms with E-state index in [4.69, 9.17) is 4.42 Å². The van der Waals surface area contributed by atoms with Crippen LogP contribution in [0.5, 0.6) is 0 Å². The zero-order chi connectivity index (χ0) is 14.2. The third-order valence-corrected chi connectivity index (χ3v) is 3.69. The normalized spacial score (nSPS) is 12.3. The van der Waals surface area contributed by atoms with Crippen molar-refractivity contribution in [1.82, 2.24) is 0 Å². The van der Waals surface area contributed by atoms with Crippen LogP contribution >= 0.6 is 0 Å². The van der Waals surface area contributed by atoms with Crippen molar-refractivity contribution in [3.05, 3.63) is 88.1 Å². The van der Waals surface area contributed by atoms with Crippen molar-refractivity contribution in [2.75, 3.05) is 0 Å². The van der Waals surface area contributed by atoms with Gasteiger partial charge in [0.05, 0.1) is 5.39 Å². The van der Waals surface area contributed by atoms with E-state index in [1.165, 1.54) is 0 Å². The Labute approximate surface area is 120 Å². The van der Waals surface area contributed by atoms with E-state index in [1.807, 2.05) is 72.8 Å². The molecule has 21 heavy (non-hydrogen) atoms. The molecule has 0 aliphatic heterocycles. The second-order valence-electron chi connectivity index (χ2n) is 5.02. The van der Waals surface area contributed by atoms with Crippen molar-refractivity contribution in [2.45, 2.75) is 0 Å². The van der Waals surface area contributed by atoms with Crippen molar-refractivity contribution in [3.63, 3.8) is 0 Å². The highest BCUT2D eigenvalue weighted by Crippen LogP contribution is 2.21. The Hall–Kier alpha value is -2.87. The number of benzene rings is 3. The van der Waals surface area contributed by atoms with Gasteiger partial charge < -0.3 is 4.42 Å². The van der Waals surface area contributed by atoms with Crippen LogP contribution in [0.2, 0.25) is 0 Å².